The molecule has 0 fully saturated rings. The van der Waals surface area contributed by atoms with Crippen molar-refractivity contribution in [1.82, 2.24) is 20.2 Å². The number of para-hydroxylation sites is 1. The molecule has 1 aromatic carbocycles. The zero-order valence-corrected chi connectivity index (χ0v) is 13.1. The van der Waals surface area contributed by atoms with Crippen molar-refractivity contribution in [2.24, 2.45) is 5.92 Å². The summed E-state index contributed by atoms with van der Waals surface area (Å²) in [6.45, 7) is 6.56. The summed E-state index contributed by atoms with van der Waals surface area (Å²) in [7, 11) is 1.60. The fraction of sp³-hybridized carbons (Fsp3) is 0.533. The molecule has 2 rings (SSSR count). The van der Waals surface area contributed by atoms with Gasteiger partial charge >= 0.3 is 0 Å². The summed E-state index contributed by atoms with van der Waals surface area (Å²) in [5, 5.41) is 12.1. The van der Waals surface area contributed by atoms with E-state index in [1.807, 2.05) is 16.8 Å². The fourth-order valence-corrected chi connectivity index (χ4v) is 2.48. The summed E-state index contributed by atoms with van der Waals surface area (Å²) in [5.41, 5.74) is 7.36. The van der Waals surface area contributed by atoms with E-state index in [0.29, 0.717) is 23.2 Å². The van der Waals surface area contributed by atoms with Crippen LogP contribution in [0.3, 0.4) is 0 Å². The van der Waals surface area contributed by atoms with Crippen molar-refractivity contribution >= 4 is 5.69 Å². The molecule has 0 spiro atoms. The maximum atomic E-state index is 5.96. The molecule has 1 heterocycles. The number of nitrogens with zero attached hydrogens (tertiary/aromatic N) is 4. The SMILES string of the molecule is CCC(C)CC(C)n1nnnc1-c1cccc(N)c1OC. The Hall–Kier alpha value is -2.11. The summed E-state index contributed by atoms with van der Waals surface area (Å²) >= 11 is 0. The minimum Gasteiger partial charge on any atom is -0.494 e. The fourth-order valence-electron chi connectivity index (χ4n) is 2.48. The van der Waals surface area contributed by atoms with Gasteiger partial charge in [-0.05, 0) is 41.8 Å². The van der Waals surface area contributed by atoms with Gasteiger partial charge in [0, 0.05) is 0 Å². The number of hydrogen-bond acceptors (Lipinski definition) is 5. The molecule has 0 saturated heterocycles. The molecule has 0 aliphatic heterocycles. The molecule has 2 N–H and O–H groups in total. The molecule has 0 aliphatic carbocycles. The van der Waals surface area contributed by atoms with E-state index in [9.17, 15) is 0 Å². The lowest BCUT2D eigenvalue weighted by molar-refractivity contribution is 0.370. The predicted molar refractivity (Wildman–Crippen MR) is 83.0 cm³/mol. The Morgan fingerprint density at radius 3 is 2.76 bits per heavy atom. The van der Waals surface area contributed by atoms with Gasteiger partial charge in [-0.1, -0.05) is 26.3 Å². The molecule has 6 heteroatoms. The smallest absolute Gasteiger partial charge is 0.186 e. The number of rotatable bonds is 6. The van der Waals surface area contributed by atoms with Gasteiger partial charge in [0.1, 0.15) is 0 Å². The van der Waals surface area contributed by atoms with E-state index in [4.69, 9.17) is 10.5 Å². The van der Waals surface area contributed by atoms with E-state index >= 15 is 0 Å². The van der Waals surface area contributed by atoms with Crippen molar-refractivity contribution in [2.45, 2.75) is 39.7 Å². The standard InChI is InChI=1S/C15H23N5O/c1-5-10(2)9-11(3)20-15(17-18-19-20)12-7-6-8-13(16)14(12)21-4/h6-8,10-11H,5,9,16H2,1-4H3. The molecule has 0 bridgehead atoms. The Bertz CT molecular complexity index is 595. The maximum absolute atomic E-state index is 5.96. The molecule has 2 aromatic rings. The number of methoxy groups -OCH3 is 1. The Labute approximate surface area is 125 Å². The van der Waals surface area contributed by atoms with Gasteiger partial charge in [-0.2, -0.15) is 0 Å². The third kappa shape index (κ3) is 3.15. The van der Waals surface area contributed by atoms with Crippen molar-refractivity contribution < 1.29 is 4.74 Å². The van der Waals surface area contributed by atoms with E-state index in [1.165, 1.54) is 0 Å². The van der Waals surface area contributed by atoms with Crippen molar-refractivity contribution in [2.75, 3.05) is 12.8 Å². The second-order valence-electron chi connectivity index (χ2n) is 5.47. The molecule has 0 radical (unpaired) electrons. The average molecular weight is 289 g/mol. The number of benzene rings is 1. The van der Waals surface area contributed by atoms with Gasteiger partial charge in [-0.25, -0.2) is 4.68 Å². The zero-order chi connectivity index (χ0) is 15.4. The minimum atomic E-state index is 0.219. The van der Waals surface area contributed by atoms with E-state index in [0.717, 1.165) is 18.4 Å². The normalized spacial score (nSPS) is 13.9. The first-order valence-electron chi connectivity index (χ1n) is 7.29. The van der Waals surface area contributed by atoms with Crippen LogP contribution in [-0.4, -0.2) is 27.3 Å². The van der Waals surface area contributed by atoms with Crippen LogP contribution in [0.4, 0.5) is 5.69 Å². The Morgan fingerprint density at radius 1 is 1.33 bits per heavy atom. The quantitative estimate of drug-likeness (QED) is 0.827. The van der Waals surface area contributed by atoms with Crippen LogP contribution in [0.25, 0.3) is 11.4 Å². The van der Waals surface area contributed by atoms with E-state index in [1.54, 1.807) is 13.2 Å². The summed E-state index contributed by atoms with van der Waals surface area (Å²) < 4.78 is 7.25. The lowest BCUT2D eigenvalue weighted by atomic mass is 10.0. The van der Waals surface area contributed by atoms with Gasteiger partial charge in [0.05, 0.1) is 24.4 Å². The molecule has 2 unspecified atom stereocenters. The van der Waals surface area contributed by atoms with Crippen LogP contribution in [-0.2, 0) is 0 Å². The van der Waals surface area contributed by atoms with Crippen LogP contribution in [0.15, 0.2) is 18.2 Å². The molecule has 0 amide bonds. The number of hydrogen-bond donors (Lipinski definition) is 1. The Kier molecular flexibility index (Phi) is 4.77. The van der Waals surface area contributed by atoms with Gasteiger partial charge in [0.15, 0.2) is 11.6 Å². The zero-order valence-electron chi connectivity index (χ0n) is 13.1. The average Bonchev–Trinajstić information content (AvgIpc) is 2.96. The van der Waals surface area contributed by atoms with Crippen LogP contribution in [0.2, 0.25) is 0 Å². The molecule has 6 nitrogen and oxygen atoms in total. The topological polar surface area (TPSA) is 78.9 Å². The molecule has 1 aromatic heterocycles. The van der Waals surface area contributed by atoms with Gasteiger partial charge in [0.2, 0.25) is 0 Å². The first-order valence-corrected chi connectivity index (χ1v) is 7.29. The van der Waals surface area contributed by atoms with E-state index in [2.05, 4.69) is 36.3 Å². The van der Waals surface area contributed by atoms with Crippen molar-refractivity contribution in [3.63, 3.8) is 0 Å². The number of anilines is 1. The molecule has 0 saturated carbocycles. The summed E-state index contributed by atoms with van der Waals surface area (Å²) in [6.07, 6.45) is 2.17. The summed E-state index contributed by atoms with van der Waals surface area (Å²) in [5.74, 6) is 1.93. The third-order valence-corrected chi connectivity index (χ3v) is 3.84. The van der Waals surface area contributed by atoms with E-state index in [-0.39, 0.29) is 6.04 Å². The molecule has 2 atom stereocenters. The minimum absolute atomic E-state index is 0.219. The van der Waals surface area contributed by atoms with Gasteiger partial charge in [0.25, 0.3) is 0 Å². The monoisotopic (exact) mass is 289 g/mol. The number of nitrogens with two attached hydrogens (primary N) is 1. The highest BCUT2D eigenvalue weighted by molar-refractivity contribution is 5.73. The van der Waals surface area contributed by atoms with Crippen molar-refractivity contribution in [1.29, 1.82) is 0 Å². The molecule has 114 valence electrons. The van der Waals surface area contributed by atoms with Gasteiger partial charge < -0.3 is 10.5 Å². The third-order valence-electron chi connectivity index (χ3n) is 3.84. The second kappa shape index (κ2) is 6.56. The summed E-state index contributed by atoms with van der Waals surface area (Å²) in [4.78, 5) is 0. The van der Waals surface area contributed by atoms with E-state index < -0.39 is 0 Å². The first-order chi connectivity index (χ1) is 10.1. The number of tetrazole rings is 1. The van der Waals surface area contributed by atoms with Crippen molar-refractivity contribution in [3.8, 4) is 17.1 Å². The highest BCUT2D eigenvalue weighted by atomic mass is 16.5. The number of nitrogen functional groups attached to an aromatic ring is 1. The van der Waals surface area contributed by atoms with Crippen LogP contribution in [0.5, 0.6) is 5.75 Å². The predicted octanol–water partition coefficient (Wildman–Crippen LogP) is 2.93. The maximum Gasteiger partial charge on any atom is 0.186 e. The lowest BCUT2D eigenvalue weighted by Gasteiger charge is -2.18. The van der Waals surface area contributed by atoms with Crippen LogP contribution >= 0.6 is 0 Å². The van der Waals surface area contributed by atoms with Crippen molar-refractivity contribution in [3.05, 3.63) is 18.2 Å². The van der Waals surface area contributed by atoms with Crippen LogP contribution in [0.1, 0.15) is 39.7 Å². The van der Waals surface area contributed by atoms with Crippen LogP contribution in [0, 0.1) is 5.92 Å². The molecular formula is C15H23N5O. The molecular weight excluding hydrogens is 266 g/mol. The summed E-state index contributed by atoms with van der Waals surface area (Å²) in [6, 6.07) is 5.83. The number of aromatic nitrogens is 4. The Balaban J connectivity index is 2.39. The van der Waals surface area contributed by atoms with Gasteiger partial charge in [-0.3, -0.25) is 0 Å². The second-order valence-corrected chi connectivity index (χ2v) is 5.47. The highest BCUT2D eigenvalue weighted by Crippen LogP contribution is 2.34. The highest BCUT2D eigenvalue weighted by Gasteiger charge is 2.20. The number of ether oxygens (including phenoxy) is 1. The van der Waals surface area contributed by atoms with Crippen LogP contribution < -0.4 is 10.5 Å². The van der Waals surface area contributed by atoms with Gasteiger partial charge in [-0.15, -0.1) is 5.10 Å². The molecule has 0 aliphatic rings. The first kappa shape index (κ1) is 15.3. The largest absolute Gasteiger partial charge is 0.494 e. The lowest BCUT2D eigenvalue weighted by Crippen LogP contribution is -2.12. The molecule has 21 heavy (non-hydrogen) atoms. The Morgan fingerprint density at radius 2 is 2.10 bits per heavy atom.